The van der Waals surface area contributed by atoms with Crippen molar-refractivity contribution in [1.82, 2.24) is 19.4 Å². The molecule has 1 aliphatic rings. The lowest BCUT2D eigenvalue weighted by Crippen LogP contribution is -2.34. The van der Waals surface area contributed by atoms with E-state index < -0.39 is 0 Å². The number of anilines is 1. The normalized spacial score (nSPS) is 20.6. The number of nitrogens with zero attached hydrogens (tertiary/aromatic N) is 4. The van der Waals surface area contributed by atoms with Gasteiger partial charge in [0, 0.05) is 18.8 Å². The third-order valence-corrected chi connectivity index (χ3v) is 4.60. The Kier molecular flexibility index (Phi) is 3.38. The molecule has 0 bridgehead atoms. The minimum absolute atomic E-state index is 0.593. The fourth-order valence-corrected chi connectivity index (χ4v) is 3.40. The van der Waals surface area contributed by atoms with Crippen LogP contribution in [0.25, 0.3) is 11.0 Å². The van der Waals surface area contributed by atoms with Crippen LogP contribution in [-0.2, 0) is 6.54 Å². The van der Waals surface area contributed by atoms with Crippen molar-refractivity contribution in [1.29, 1.82) is 0 Å². The standard InChI is InChI=1S/C15H23N5/c1-10-11(2)20(8-12-5-4-6-19(3)7-12)15-13(10)14(16)17-9-18-15/h9,12H,4-8H2,1-3H3,(H2,16,17,18). The fourth-order valence-electron chi connectivity index (χ4n) is 3.40. The topological polar surface area (TPSA) is 60.0 Å². The van der Waals surface area contributed by atoms with Gasteiger partial charge in [-0.3, -0.25) is 0 Å². The van der Waals surface area contributed by atoms with E-state index in [1.54, 1.807) is 6.33 Å². The molecule has 0 radical (unpaired) electrons. The molecule has 2 aromatic heterocycles. The smallest absolute Gasteiger partial charge is 0.145 e. The molecular formula is C15H23N5. The Morgan fingerprint density at radius 3 is 2.90 bits per heavy atom. The van der Waals surface area contributed by atoms with Gasteiger partial charge in [0.15, 0.2) is 0 Å². The molecule has 0 aromatic carbocycles. The Morgan fingerprint density at radius 2 is 2.15 bits per heavy atom. The summed E-state index contributed by atoms with van der Waals surface area (Å²) in [6.07, 6.45) is 4.15. The largest absolute Gasteiger partial charge is 0.383 e. The van der Waals surface area contributed by atoms with E-state index in [-0.39, 0.29) is 0 Å². The van der Waals surface area contributed by atoms with E-state index in [0.29, 0.717) is 11.7 Å². The Labute approximate surface area is 119 Å². The van der Waals surface area contributed by atoms with Gasteiger partial charge in [-0.2, -0.15) is 0 Å². The molecule has 3 rings (SSSR count). The van der Waals surface area contributed by atoms with Crippen molar-refractivity contribution >= 4 is 16.9 Å². The second-order valence-corrected chi connectivity index (χ2v) is 6.05. The summed E-state index contributed by atoms with van der Waals surface area (Å²) >= 11 is 0. The first-order chi connectivity index (χ1) is 9.58. The number of nitrogen functional groups attached to an aromatic ring is 1. The highest BCUT2D eigenvalue weighted by atomic mass is 15.1. The molecule has 0 saturated carbocycles. The number of hydrogen-bond acceptors (Lipinski definition) is 4. The molecule has 1 atom stereocenters. The highest BCUT2D eigenvalue weighted by Gasteiger charge is 2.21. The average Bonchev–Trinajstić information content (AvgIpc) is 2.65. The summed E-state index contributed by atoms with van der Waals surface area (Å²) < 4.78 is 2.33. The zero-order chi connectivity index (χ0) is 14.3. The van der Waals surface area contributed by atoms with Crippen molar-refractivity contribution < 1.29 is 0 Å². The number of aryl methyl sites for hydroxylation is 1. The third kappa shape index (κ3) is 2.16. The first-order valence-electron chi connectivity index (χ1n) is 7.32. The lowest BCUT2D eigenvalue weighted by atomic mass is 9.98. The highest BCUT2D eigenvalue weighted by Crippen LogP contribution is 2.29. The van der Waals surface area contributed by atoms with Gasteiger partial charge in [-0.25, -0.2) is 9.97 Å². The Hall–Kier alpha value is -1.62. The van der Waals surface area contributed by atoms with E-state index in [0.717, 1.165) is 17.6 Å². The van der Waals surface area contributed by atoms with Crippen molar-refractivity contribution in [2.45, 2.75) is 33.2 Å². The second kappa shape index (κ2) is 5.05. The van der Waals surface area contributed by atoms with Gasteiger partial charge in [-0.1, -0.05) is 0 Å². The average molecular weight is 273 g/mol. The number of piperidine rings is 1. The summed E-state index contributed by atoms with van der Waals surface area (Å²) in [5, 5.41) is 1.02. The van der Waals surface area contributed by atoms with Gasteiger partial charge in [0.05, 0.1) is 5.39 Å². The summed E-state index contributed by atoms with van der Waals surface area (Å²) in [5.74, 6) is 1.29. The zero-order valence-electron chi connectivity index (χ0n) is 12.6. The predicted octanol–water partition coefficient (Wildman–Crippen LogP) is 1.97. The zero-order valence-corrected chi connectivity index (χ0v) is 12.6. The third-order valence-electron chi connectivity index (χ3n) is 4.60. The molecule has 5 heteroatoms. The molecule has 2 aromatic rings. The van der Waals surface area contributed by atoms with Gasteiger partial charge in [-0.05, 0) is 51.8 Å². The van der Waals surface area contributed by atoms with Gasteiger partial charge in [-0.15, -0.1) is 0 Å². The number of hydrogen-bond donors (Lipinski definition) is 1. The molecule has 3 heterocycles. The van der Waals surface area contributed by atoms with Crippen LogP contribution < -0.4 is 5.73 Å². The van der Waals surface area contributed by atoms with Crippen LogP contribution in [0.3, 0.4) is 0 Å². The molecule has 20 heavy (non-hydrogen) atoms. The van der Waals surface area contributed by atoms with E-state index in [1.807, 2.05) is 0 Å². The van der Waals surface area contributed by atoms with E-state index in [1.165, 1.54) is 37.2 Å². The lowest BCUT2D eigenvalue weighted by Gasteiger charge is -2.30. The summed E-state index contributed by atoms with van der Waals surface area (Å²) in [4.78, 5) is 11.0. The SMILES string of the molecule is Cc1c(C)n(CC2CCCN(C)C2)c2ncnc(N)c12. The van der Waals surface area contributed by atoms with Crippen LogP contribution in [-0.4, -0.2) is 39.6 Å². The number of fused-ring (bicyclic) bond motifs is 1. The van der Waals surface area contributed by atoms with Crippen LogP contribution in [0.5, 0.6) is 0 Å². The summed E-state index contributed by atoms with van der Waals surface area (Å²) in [5.41, 5.74) is 9.48. The van der Waals surface area contributed by atoms with Crippen LogP contribution in [0.15, 0.2) is 6.33 Å². The number of aromatic nitrogens is 3. The van der Waals surface area contributed by atoms with E-state index in [2.05, 4.69) is 40.3 Å². The van der Waals surface area contributed by atoms with Crippen LogP contribution in [0.1, 0.15) is 24.1 Å². The van der Waals surface area contributed by atoms with Gasteiger partial charge < -0.3 is 15.2 Å². The minimum atomic E-state index is 0.593. The first-order valence-corrected chi connectivity index (χ1v) is 7.32. The predicted molar refractivity (Wildman–Crippen MR) is 81.6 cm³/mol. The molecule has 0 aliphatic carbocycles. The van der Waals surface area contributed by atoms with Crippen molar-refractivity contribution in [3.63, 3.8) is 0 Å². The molecule has 2 N–H and O–H groups in total. The van der Waals surface area contributed by atoms with Gasteiger partial charge >= 0.3 is 0 Å². The van der Waals surface area contributed by atoms with Crippen LogP contribution in [0.2, 0.25) is 0 Å². The molecule has 108 valence electrons. The van der Waals surface area contributed by atoms with Gasteiger partial charge in [0.2, 0.25) is 0 Å². The number of rotatable bonds is 2. The van der Waals surface area contributed by atoms with Crippen LogP contribution >= 0.6 is 0 Å². The number of nitrogens with two attached hydrogens (primary N) is 1. The Bertz CT molecular complexity index is 631. The molecule has 1 fully saturated rings. The van der Waals surface area contributed by atoms with Crippen molar-refractivity contribution in [3.05, 3.63) is 17.6 Å². The summed E-state index contributed by atoms with van der Waals surface area (Å²) in [6.45, 7) is 7.68. The molecule has 0 amide bonds. The number of likely N-dealkylation sites (tertiary alicyclic amines) is 1. The molecule has 5 nitrogen and oxygen atoms in total. The van der Waals surface area contributed by atoms with Gasteiger partial charge in [0.25, 0.3) is 0 Å². The van der Waals surface area contributed by atoms with Crippen molar-refractivity contribution in [3.8, 4) is 0 Å². The summed E-state index contributed by atoms with van der Waals surface area (Å²) in [7, 11) is 2.21. The molecule has 1 saturated heterocycles. The molecule has 1 aliphatic heterocycles. The quantitative estimate of drug-likeness (QED) is 0.909. The summed E-state index contributed by atoms with van der Waals surface area (Å²) in [6, 6.07) is 0. The monoisotopic (exact) mass is 273 g/mol. The lowest BCUT2D eigenvalue weighted by molar-refractivity contribution is 0.195. The Morgan fingerprint density at radius 1 is 1.35 bits per heavy atom. The van der Waals surface area contributed by atoms with Crippen molar-refractivity contribution in [2.75, 3.05) is 25.9 Å². The molecular weight excluding hydrogens is 250 g/mol. The molecule has 1 unspecified atom stereocenters. The van der Waals surface area contributed by atoms with Crippen LogP contribution in [0.4, 0.5) is 5.82 Å². The maximum absolute atomic E-state index is 6.02. The van der Waals surface area contributed by atoms with E-state index in [9.17, 15) is 0 Å². The maximum Gasteiger partial charge on any atom is 0.145 e. The maximum atomic E-state index is 6.02. The van der Waals surface area contributed by atoms with E-state index in [4.69, 9.17) is 5.73 Å². The minimum Gasteiger partial charge on any atom is -0.383 e. The van der Waals surface area contributed by atoms with Crippen molar-refractivity contribution in [2.24, 2.45) is 5.92 Å². The second-order valence-electron chi connectivity index (χ2n) is 6.05. The highest BCUT2D eigenvalue weighted by molar-refractivity contribution is 5.90. The molecule has 0 spiro atoms. The Balaban J connectivity index is 1.99. The van der Waals surface area contributed by atoms with Crippen LogP contribution in [0, 0.1) is 19.8 Å². The van der Waals surface area contributed by atoms with E-state index >= 15 is 0 Å². The fraction of sp³-hybridized carbons (Fsp3) is 0.600. The van der Waals surface area contributed by atoms with Gasteiger partial charge in [0.1, 0.15) is 17.8 Å². The first kappa shape index (κ1) is 13.4.